The molecule has 1 saturated heterocycles. The molecule has 1 aliphatic rings. The summed E-state index contributed by atoms with van der Waals surface area (Å²) in [6, 6.07) is 12.0. The third-order valence-corrected chi connectivity index (χ3v) is 4.58. The van der Waals surface area contributed by atoms with Crippen LogP contribution in [0, 0.1) is 0 Å². The molecule has 26 heavy (non-hydrogen) atoms. The Hall–Kier alpha value is -2.57. The highest BCUT2D eigenvalue weighted by Gasteiger charge is 2.23. The number of ether oxygens (including phenoxy) is 1. The van der Waals surface area contributed by atoms with E-state index in [1.165, 1.54) is 0 Å². The fraction of sp³-hybridized carbons (Fsp3) is 0.350. The maximum Gasteiger partial charge on any atom is 0.129 e. The number of aromatic nitrogens is 3. The van der Waals surface area contributed by atoms with E-state index in [4.69, 9.17) is 20.4 Å². The van der Waals surface area contributed by atoms with Gasteiger partial charge in [0.1, 0.15) is 5.82 Å². The van der Waals surface area contributed by atoms with Gasteiger partial charge in [0.05, 0.1) is 34.8 Å². The summed E-state index contributed by atoms with van der Waals surface area (Å²) in [5.74, 6) is 0.962. The van der Waals surface area contributed by atoms with Gasteiger partial charge in [0.15, 0.2) is 0 Å². The van der Waals surface area contributed by atoms with Crippen molar-refractivity contribution in [3.05, 3.63) is 48.3 Å². The van der Waals surface area contributed by atoms with E-state index in [-0.39, 0.29) is 12.2 Å². The number of hydrogen-bond donors (Lipinski definition) is 1. The van der Waals surface area contributed by atoms with E-state index >= 15 is 0 Å². The monoisotopic (exact) mass is 349 g/mol. The molecule has 6 heteroatoms. The van der Waals surface area contributed by atoms with Gasteiger partial charge in [-0.25, -0.2) is 9.97 Å². The molecule has 6 nitrogen and oxygen atoms in total. The smallest absolute Gasteiger partial charge is 0.129 e. The Labute approximate surface area is 153 Å². The molecule has 134 valence electrons. The van der Waals surface area contributed by atoms with Crippen LogP contribution >= 0.6 is 0 Å². The summed E-state index contributed by atoms with van der Waals surface area (Å²) >= 11 is 0. The third-order valence-electron chi connectivity index (χ3n) is 4.58. The highest BCUT2D eigenvalue weighted by atomic mass is 16.5. The van der Waals surface area contributed by atoms with Crippen LogP contribution in [0.15, 0.2) is 42.6 Å². The second kappa shape index (κ2) is 6.97. The topological polar surface area (TPSA) is 77.2 Å². The normalized spacial score (nSPS) is 20.5. The Morgan fingerprint density at radius 1 is 1.08 bits per heavy atom. The summed E-state index contributed by atoms with van der Waals surface area (Å²) in [6.45, 7) is 6.29. The molecule has 0 aliphatic carbocycles. The quantitative estimate of drug-likeness (QED) is 0.783. The first-order valence-corrected chi connectivity index (χ1v) is 8.96. The molecule has 0 bridgehead atoms. The second-order valence-corrected chi connectivity index (χ2v) is 6.81. The van der Waals surface area contributed by atoms with E-state index in [0.29, 0.717) is 6.54 Å². The van der Waals surface area contributed by atoms with Crippen LogP contribution in [0.1, 0.15) is 19.5 Å². The Bertz CT molecular complexity index is 919. The van der Waals surface area contributed by atoms with Crippen LogP contribution in [0.5, 0.6) is 0 Å². The molecule has 3 aromatic rings. The molecule has 2 atom stereocenters. The fourth-order valence-electron chi connectivity index (χ4n) is 3.42. The molecule has 1 aliphatic heterocycles. The predicted molar refractivity (Wildman–Crippen MR) is 103 cm³/mol. The van der Waals surface area contributed by atoms with Crippen LogP contribution in [0.25, 0.3) is 22.3 Å². The van der Waals surface area contributed by atoms with Gasteiger partial charge < -0.3 is 15.4 Å². The van der Waals surface area contributed by atoms with Crippen LogP contribution in [0.2, 0.25) is 0 Å². The molecule has 0 unspecified atom stereocenters. The maximum absolute atomic E-state index is 5.82. The van der Waals surface area contributed by atoms with Crippen molar-refractivity contribution in [2.24, 2.45) is 5.73 Å². The first-order valence-electron chi connectivity index (χ1n) is 8.96. The number of fused-ring (bicyclic) bond motifs is 1. The lowest BCUT2D eigenvalue weighted by atomic mass is 10.2. The van der Waals surface area contributed by atoms with E-state index in [1.54, 1.807) is 0 Å². The minimum atomic E-state index is 0.199. The summed E-state index contributed by atoms with van der Waals surface area (Å²) in [4.78, 5) is 16.2. The summed E-state index contributed by atoms with van der Waals surface area (Å²) in [5.41, 5.74) is 9.13. The number of nitrogens with zero attached hydrogens (tertiary/aromatic N) is 4. The van der Waals surface area contributed by atoms with Gasteiger partial charge in [-0.1, -0.05) is 6.07 Å². The molecule has 0 radical (unpaired) electrons. The molecule has 1 fully saturated rings. The van der Waals surface area contributed by atoms with Gasteiger partial charge in [-0.3, -0.25) is 4.98 Å². The zero-order chi connectivity index (χ0) is 18.1. The Morgan fingerprint density at radius 2 is 1.85 bits per heavy atom. The van der Waals surface area contributed by atoms with Crippen LogP contribution < -0.4 is 10.6 Å². The van der Waals surface area contributed by atoms with Gasteiger partial charge in [0.2, 0.25) is 0 Å². The van der Waals surface area contributed by atoms with Crippen molar-refractivity contribution in [3.63, 3.8) is 0 Å². The zero-order valence-corrected chi connectivity index (χ0v) is 15.1. The molecular formula is C20H23N5O. The molecule has 0 aromatic carbocycles. The fourth-order valence-corrected chi connectivity index (χ4v) is 3.42. The van der Waals surface area contributed by atoms with Gasteiger partial charge in [-0.05, 0) is 44.2 Å². The van der Waals surface area contributed by atoms with Crippen molar-refractivity contribution < 1.29 is 4.74 Å². The van der Waals surface area contributed by atoms with E-state index in [0.717, 1.165) is 46.9 Å². The molecule has 2 N–H and O–H groups in total. The molecule has 0 amide bonds. The van der Waals surface area contributed by atoms with Crippen LogP contribution in [-0.2, 0) is 11.3 Å². The van der Waals surface area contributed by atoms with E-state index in [2.05, 4.69) is 23.7 Å². The van der Waals surface area contributed by atoms with E-state index in [9.17, 15) is 0 Å². The molecular weight excluding hydrogens is 326 g/mol. The average molecular weight is 349 g/mol. The number of rotatable bonds is 3. The minimum absolute atomic E-state index is 0.199. The van der Waals surface area contributed by atoms with Crippen molar-refractivity contribution in [2.75, 3.05) is 18.0 Å². The summed E-state index contributed by atoms with van der Waals surface area (Å²) < 4.78 is 5.82. The molecule has 3 aromatic heterocycles. The van der Waals surface area contributed by atoms with Gasteiger partial charge >= 0.3 is 0 Å². The van der Waals surface area contributed by atoms with Crippen molar-refractivity contribution in [2.45, 2.75) is 32.6 Å². The van der Waals surface area contributed by atoms with Crippen LogP contribution in [0.4, 0.5) is 5.82 Å². The zero-order valence-electron chi connectivity index (χ0n) is 15.1. The van der Waals surface area contributed by atoms with Crippen LogP contribution in [-0.4, -0.2) is 40.2 Å². The number of pyridine rings is 3. The van der Waals surface area contributed by atoms with Gasteiger partial charge in [-0.2, -0.15) is 0 Å². The highest BCUT2D eigenvalue weighted by molar-refractivity contribution is 5.80. The highest BCUT2D eigenvalue weighted by Crippen LogP contribution is 2.24. The second-order valence-electron chi connectivity index (χ2n) is 6.81. The van der Waals surface area contributed by atoms with Crippen molar-refractivity contribution in [1.29, 1.82) is 0 Å². The van der Waals surface area contributed by atoms with E-state index in [1.807, 2.05) is 42.6 Å². The molecule has 4 heterocycles. The van der Waals surface area contributed by atoms with Gasteiger partial charge in [0.25, 0.3) is 0 Å². The number of morpholine rings is 1. The summed E-state index contributed by atoms with van der Waals surface area (Å²) in [5, 5.41) is 0.998. The lowest BCUT2D eigenvalue weighted by Crippen LogP contribution is -2.45. The van der Waals surface area contributed by atoms with Crippen molar-refractivity contribution >= 4 is 16.7 Å². The van der Waals surface area contributed by atoms with Crippen molar-refractivity contribution in [1.82, 2.24) is 15.0 Å². The Kier molecular flexibility index (Phi) is 4.53. The standard InChI is InChI=1S/C20H23N5O/c1-13-11-25(12-14(2)26-13)20-5-3-4-17(24-20)18-7-6-15-10-22-16(9-21)8-19(15)23-18/h3-8,10,13-14H,9,11-12,21H2,1-2H3/t13-,14+. The first kappa shape index (κ1) is 16.9. The first-order chi connectivity index (χ1) is 12.6. The molecule has 0 spiro atoms. The summed E-state index contributed by atoms with van der Waals surface area (Å²) in [6.07, 6.45) is 2.21. The third kappa shape index (κ3) is 3.38. The number of hydrogen-bond acceptors (Lipinski definition) is 6. The lowest BCUT2D eigenvalue weighted by Gasteiger charge is -2.36. The Morgan fingerprint density at radius 3 is 2.62 bits per heavy atom. The SMILES string of the molecule is C[C@@H]1CN(c2cccc(-c3ccc4cnc(CN)cc4n3)n2)C[C@H](C)O1. The molecule has 4 rings (SSSR count). The lowest BCUT2D eigenvalue weighted by molar-refractivity contribution is -0.00545. The number of nitrogens with two attached hydrogens (primary N) is 1. The summed E-state index contributed by atoms with van der Waals surface area (Å²) in [7, 11) is 0. The number of anilines is 1. The van der Waals surface area contributed by atoms with Gasteiger partial charge in [-0.15, -0.1) is 0 Å². The van der Waals surface area contributed by atoms with Gasteiger partial charge in [0, 0.05) is 31.2 Å². The van der Waals surface area contributed by atoms with Crippen molar-refractivity contribution in [3.8, 4) is 11.4 Å². The minimum Gasteiger partial charge on any atom is -0.372 e. The predicted octanol–water partition coefficient (Wildman–Crippen LogP) is 2.76. The Balaban J connectivity index is 1.68. The van der Waals surface area contributed by atoms with E-state index < -0.39 is 0 Å². The van der Waals surface area contributed by atoms with Crippen LogP contribution in [0.3, 0.4) is 0 Å². The largest absolute Gasteiger partial charge is 0.372 e. The molecule has 0 saturated carbocycles. The maximum atomic E-state index is 5.82. The average Bonchev–Trinajstić information content (AvgIpc) is 2.66.